The molecule has 0 saturated carbocycles. The lowest BCUT2D eigenvalue weighted by molar-refractivity contribution is 0.160. The molecule has 2 fully saturated rings. The number of nitrogens with zero attached hydrogens (tertiary/aromatic N) is 8. The molecule has 0 aliphatic carbocycles. The molecule has 0 radical (unpaired) electrons. The third-order valence-electron chi connectivity index (χ3n) is 12.2. The highest BCUT2D eigenvalue weighted by Gasteiger charge is 2.40. The van der Waals surface area contributed by atoms with Gasteiger partial charge in [0.2, 0.25) is 0 Å². The molecule has 6 heterocycles. The van der Waals surface area contributed by atoms with Gasteiger partial charge in [-0.2, -0.15) is 0 Å². The molecule has 12 nitrogen and oxygen atoms in total. The number of ether oxygens (including phenoxy) is 1. The van der Waals surface area contributed by atoms with Crippen LogP contribution in [-0.2, 0) is 0 Å². The van der Waals surface area contributed by atoms with Crippen molar-refractivity contribution in [2.75, 3.05) is 30.5 Å². The average Bonchev–Trinajstić information content (AvgIpc) is 3.18. The molecule has 62 heavy (non-hydrogen) atoms. The number of phenols is 1. The fraction of sp³-hybridized carbons (Fsp3) is 0.480. The summed E-state index contributed by atoms with van der Waals surface area (Å²) in [6.07, 6.45) is 4.20. The first-order chi connectivity index (χ1) is 29.1. The van der Waals surface area contributed by atoms with Crippen molar-refractivity contribution >= 4 is 33.4 Å². The second-order valence-electron chi connectivity index (χ2n) is 20.1. The van der Waals surface area contributed by atoms with Crippen molar-refractivity contribution in [3.8, 4) is 34.0 Å². The Morgan fingerprint density at radius 1 is 0.613 bits per heavy atom. The van der Waals surface area contributed by atoms with Gasteiger partial charge in [-0.25, -0.2) is 0 Å². The summed E-state index contributed by atoms with van der Waals surface area (Å²) in [4.78, 5) is 13.6. The molecule has 0 spiro atoms. The summed E-state index contributed by atoms with van der Waals surface area (Å²) in [7, 11) is 4.22. The Morgan fingerprint density at radius 2 is 1.15 bits per heavy atom. The number of benzene rings is 2. The molecule has 8 rings (SSSR count). The Labute approximate surface area is 368 Å². The van der Waals surface area contributed by atoms with Crippen LogP contribution in [0, 0.1) is 13.8 Å². The van der Waals surface area contributed by atoms with Crippen LogP contribution in [-0.4, -0.2) is 90.4 Å². The van der Waals surface area contributed by atoms with Crippen molar-refractivity contribution < 1.29 is 9.84 Å². The van der Waals surface area contributed by atoms with Gasteiger partial charge in [0.1, 0.15) is 11.5 Å². The van der Waals surface area contributed by atoms with Crippen molar-refractivity contribution in [1.82, 2.24) is 41.0 Å². The van der Waals surface area contributed by atoms with Gasteiger partial charge in [0.25, 0.3) is 0 Å². The van der Waals surface area contributed by atoms with Crippen LogP contribution in [0.25, 0.3) is 44.3 Å². The van der Waals surface area contributed by atoms with Crippen molar-refractivity contribution in [3.63, 3.8) is 0 Å². The minimum atomic E-state index is 0.0512. The lowest BCUT2D eigenvalue weighted by atomic mass is 9.79. The predicted molar refractivity (Wildman–Crippen MR) is 253 cm³/mol. The fourth-order valence-electron chi connectivity index (χ4n) is 10.0. The van der Waals surface area contributed by atoms with Gasteiger partial charge >= 0.3 is 0 Å². The average molecular weight is 839 g/mol. The first kappa shape index (κ1) is 44.6. The number of hydrogen-bond donors (Lipinski definition) is 3. The van der Waals surface area contributed by atoms with Crippen molar-refractivity contribution in [1.29, 1.82) is 0 Å². The summed E-state index contributed by atoms with van der Waals surface area (Å²) < 4.78 is 5.81. The van der Waals surface area contributed by atoms with E-state index in [4.69, 9.17) is 4.74 Å². The Morgan fingerprint density at radius 3 is 1.66 bits per heavy atom. The van der Waals surface area contributed by atoms with Crippen LogP contribution >= 0.6 is 0 Å². The van der Waals surface area contributed by atoms with E-state index >= 15 is 0 Å². The molecule has 3 N–H and O–H groups in total. The summed E-state index contributed by atoms with van der Waals surface area (Å²) in [5.74, 6) is 2.62. The molecule has 2 aliphatic heterocycles. The predicted octanol–water partition coefficient (Wildman–Crippen LogP) is 9.60. The van der Waals surface area contributed by atoms with Crippen LogP contribution < -0.4 is 25.2 Å². The van der Waals surface area contributed by atoms with Crippen molar-refractivity contribution in [3.05, 3.63) is 84.2 Å². The molecule has 0 bridgehead atoms. The summed E-state index contributed by atoms with van der Waals surface area (Å²) in [5, 5.41) is 38.2. The van der Waals surface area contributed by atoms with E-state index in [1.165, 1.54) is 0 Å². The number of pyridine rings is 2. The SMILES string of the molecule is CCOc1cc(C)nc2cc(O)c(-c3ccc(N(C)C4CC(C)(C)NC(C)(C)C4)nn3)cc12.Cc1ccc2cc(-c3ccc(N(C)C4CC(C)(C)NC(C)(C)C4)nn3)ccc2n1. The lowest BCUT2D eigenvalue weighted by Gasteiger charge is -2.49. The number of nitrogens with one attached hydrogen (secondary N) is 2. The highest BCUT2D eigenvalue weighted by atomic mass is 16.5. The molecule has 0 amide bonds. The second-order valence-corrected chi connectivity index (χ2v) is 20.1. The molecular weight excluding hydrogens is 773 g/mol. The number of aryl methyl sites for hydroxylation is 2. The third kappa shape index (κ3) is 10.2. The van der Waals surface area contributed by atoms with Crippen LogP contribution in [0.2, 0.25) is 0 Å². The summed E-state index contributed by atoms with van der Waals surface area (Å²) in [5.41, 5.74) is 7.05. The number of hydrogen-bond acceptors (Lipinski definition) is 12. The number of rotatable bonds is 8. The maximum atomic E-state index is 10.7. The number of fused-ring (bicyclic) bond motifs is 2. The van der Waals surface area contributed by atoms with Crippen LogP contribution in [0.3, 0.4) is 0 Å². The molecule has 0 atom stereocenters. The van der Waals surface area contributed by atoms with Gasteiger partial charge in [0.05, 0.1) is 29.0 Å². The monoisotopic (exact) mass is 839 g/mol. The maximum absolute atomic E-state index is 10.7. The molecule has 0 unspecified atom stereocenters. The van der Waals surface area contributed by atoms with Gasteiger partial charge in [-0.3, -0.25) is 9.97 Å². The Bertz CT molecular complexity index is 2500. The molecule has 12 heteroatoms. The van der Waals surface area contributed by atoms with Gasteiger partial charge < -0.3 is 30.3 Å². The first-order valence-corrected chi connectivity index (χ1v) is 22.0. The summed E-state index contributed by atoms with van der Waals surface area (Å²) in [6, 6.07) is 24.7. The van der Waals surface area contributed by atoms with Gasteiger partial charge in [0, 0.05) is 93.8 Å². The number of anilines is 2. The van der Waals surface area contributed by atoms with Crippen LogP contribution in [0.4, 0.5) is 11.6 Å². The Kier molecular flexibility index (Phi) is 12.2. The van der Waals surface area contributed by atoms with Gasteiger partial charge in [-0.05, 0) is 150 Å². The van der Waals surface area contributed by atoms with Crippen molar-refractivity contribution in [2.45, 2.75) is 136 Å². The molecule has 2 aromatic carbocycles. The third-order valence-corrected chi connectivity index (χ3v) is 12.2. The Hall–Kier alpha value is -5.46. The van der Waals surface area contributed by atoms with Gasteiger partial charge in [0.15, 0.2) is 11.6 Å². The van der Waals surface area contributed by atoms with E-state index in [2.05, 4.69) is 157 Å². The topological polar surface area (TPSA) is 137 Å². The molecule has 2 saturated heterocycles. The van der Waals surface area contributed by atoms with Crippen LogP contribution in [0.1, 0.15) is 99.4 Å². The van der Waals surface area contributed by atoms with Gasteiger partial charge in [-0.1, -0.05) is 12.1 Å². The zero-order chi connectivity index (χ0) is 44.8. The molecule has 2 aliphatic rings. The van der Waals surface area contributed by atoms with E-state index in [0.29, 0.717) is 35.5 Å². The van der Waals surface area contributed by atoms with E-state index in [9.17, 15) is 5.11 Å². The normalized spacial score (nSPS) is 18.2. The first-order valence-electron chi connectivity index (χ1n) is 22.0. The smallest absolute Gasteiger partial charge is 0.151 e. The number of aromatic nitrogens is 6. The van der Waals surface area contributed by atoms with E-state index in [0.717, 1.165) is 82.0 Å². The van der Waals surface area contributed by atoms with E-state index in [-0.39, 0.29) is 27.9 Å². The Balaban J connectivity index is 0.000000188. The summed E-state index contributed by atoms with van der Waals surface area (Å²) in [6.45, 7) is 24.5. The lowest BCUT2D eigenvalue weighted by Crippen LogP contribution is -2.62. The minimum absolute atomic E-state index is 0.0512. The summed E-state index contributed by atoms with van der Waals surface area (Å²) >= 11 is 0. The zero-order valence-corrected chi connectivity index (χ0v) is 39.1. The van der Waals surface area contributed by atoms with Gasteiger partial charge in [-0.15, -0.1) is 20.4 Å². The fourth-order valence-corrected chi connectivity index (χ4v) is 10.0. The largest absolute Gasteiger partial charge is 0.507 e. The molecule has 6 aromatic rings. The van der Waals surface area contributed by atoms with E-state index in [1.54, 1.807) is 6.07 Å². The minimum Gasteiger partial charge on any atom is -0.507 e. The van der Waals surface area contributed by atoms with Crippen molar-refractivity contribution in [2.24, 2.45) is 0 Å². The second kappa shape index (κ2) is 17.0. The highest BCUT2D eigenvalue weighted by Crippen LogP contribution is 2.38. The van der Waals surface area contributed by atoms with Crippen LogP contribution in [0.15, 0.2) is 72.8 Å². The molecular formula is C50H66N10O2. The number of aromatic hydroxyl groups is 1. The highest BCUT2D eigenvalue weighted by molar-refractivity contribution is 5.92. The van der Waals surface area contributed by atoms with Crippen LogP contribution in [0.5, 0.6) is 11.5 Å². The zero-order valence-electron chi connectivity index (χ0n) is 39.1. The molecule has 4 aromatic heterocycles. The van der Waals surface area contributed by atoms with E-state index < -0.39 is 0 Å². The quantitative estimate of drug-likeness (QED) is 0.135. The standard InChI is InChI=1S/C26H35N5O2.C24H31N5/c1-8-33-23-11-16(2)27-21-13-22(32)18(12-19(21)23)20-9-10-24(29-28-20)31(7)17-14-25(3,4)30-26(5,6)15-17;1-16-7-8-17-13-18(9-10-20(17)25-16)21-11-12-22(27-26-21)29(6)19-14-23(2,3)28-24(4,5)15-19/h9-13,17,30,32H,8,14-15H2,1-7H3;7-13,19,28H,14-15H2,1-6H3. The maximum Gasteiger partial charge on any atom is 0.151 e. The number of phenolic OH excluding ortho intramolecular Hbond substituents is 1. The number of piperidine rings is 2. The van der Waals surface area contributed by atoms with E-state index in [1.807, 2.05) is 51.1 Å². The molecule has 328 valence electrons.